The number of nitrogens with zero attached hydrogens (tertiary/aromatic N) is 1. The van der Waals surface area contributed by atoms with E-state index in [4.69, 9.17) is 14.2 Å². The highest BCUT2D eigenvalue weighted by molar-refractivity contribution is 5.72. The van der Waals surface area contributed by atoms with Crippen molar-refractivity contribution in [2.24, 2.45) is 0 Å². The Morgan fingerprint density at radius 1 is 0.633 bits per heavy atom. The molecule has 0 aromatic carbocycles. The van der Waals surface area contributed by atoms with Crippen LogP contribution in [0.15, 0.2) is 48.6 Å². The molecule has 0 saturated heterocycles. The predicted molar refractivity (Wildman–Crippen MR) is 201 cm³/mol. The van der Waals surface area contributed by atoms with E-state index in [2.05, 4.69) is 62.5 Å². The molecule has 282 valence electrons. The summed E-state index contributed by atoms with van der Waals surface area (Å²) in [5.41, 5.74) is 0. The number of hydrogen-bond acceptors (Lipinski definition) is 6. The molecule has 1 N–H and O–H groups in total. The van der Waals surface area contributed by atoms with Gasteiger partial charge in [0.15, 0.2) is 12.1 Å². The predicted octanol–water partition coefficient (Wildman–Crippen LogP) is 9.68. The Labute approximate surface area is 299 Å². The van der Waals surface area contributed by atoms with Gasteiger partial charge in [-0.05, 0) is 51.4 Å². The SMILES string of the molecule is CC/C=C/C/C=C/C/C=C/C/C=C/CCCCCC(=O)OC(COCCC(C(=O)O)[N+](C)(C)C)COC(=O)CCCCCCCCCCC. The number of aliphatic carboxylic acids is 1. The molecule has 0 aliphatic carbocycles. The fraction of sp³-hybridized carbons (Fsp3) is 0.732. The smallest absolute Gasteiger partial charge is 0.362 e. The van der Waals surface area contributed by atoms with Crippen molar-refractivity contribution in [1.29, 1.82) is 0 Å². The first-order chi connectivity index (χ1) is 23.6. The standard InChI is InChI=1S/C41H71NO7/c1-6-8-10-12-14-16-17-18-19-20-21-22-24-26-28-30-32-40(44)49-37(35-47-34-33-38(41(45)46)42(3,4)5)36-48-39(43)31-29-27-25-23-15-13-11-9-7-2/h8,10,14,16,18-19,21-22,37-38H,6-7,9,11-13,15,17,20,23-36H2,1-5H3/p+1/b10-8+,16-14+,19-18+,22-21+. The quantitative estimate of drug-likeness (QED) is 0.0317. The van der Waals surface area contributed by atoms with Crippen LogP contribution in [0.3, 0.4) is 0 Å². The molecule has 0 heterocycles. The molecule has 0 saturated carbocycles. The number of carbonyl (C=O) groups excluding carboxylic acids is 2. The number of carbonyl (C=O) groups is 3. The van der Waals surface area contributed by atoms with Gasteiger partial charge in [0.2, 0.25) is 0 Å². The molecule has 8 heteroatoms. The van der Waals surface area contributed by atoms with Gasteiger partial charge in [0, 0.05) is 19.3 Å². The Morgan fingerprint density at radius 3 is 1.69 bits per heavy atom. The van der Waals surface area contributed by atoms with E-state index in [1.165, 1.54) is 38.5 Å². The van der Waals surface area contributed by atoms with Crippen molar-refractivity contribution in [1.82, 2.24) is 0 Å². The molecule has 2 unspecified atom stereocenters. The molecule has 0 aliphatic rings. The number of quaternary nitrogens is 1. The second kappa shape index (κ2) is 32.5. The van der Waals surface area contributed by atoms with E-state index in [0.29, 0.717) is 19.3 Å². The number of allylic oxidation sites excluding steroid dienone is 8. The summed E-state index contributed by atoms with van der Waals surface area (Å²) in [7, 11) is 5.50. The Hall–Kier alpha value is -2.71. The van der Waals surface area contributed by atoms with E-state index < -0.39 is 18.1 Å². The van der Waals surface area contributed by atoms with Crippen molar-refractivity contribution in [3.05, 3.63) is 48.6 Å². The maximum atomic E-state index is 12.6. The molecule has 0 amide bonds. The molecular weight excluding hydrogens is 618 g/mol. The highest BCUT2D eigenvalue weighted by Gasteiger charge is 2.31. The van der Waals surface area contributed by atoms with E-state index >= 15 is 0 Å². The third-order valence-electron chi connectivity index (χ3n) is 8.24. The van der Waals surface area contributed by atoms with Gasteiger partial charge >= 0.3 is 17.9 Å². The van der Waals surface area contributed by atoms with Gasteiger partial charge in [-0.3, -0.25) is 9.59 Å². The van der Waals surface area contributed by atoms with Crippen LogP contribution in [0.2, 0.25) is 0 Å². The summed E-state index contributed by atoms with van der Waals surface area (Å²) in [6, 6.07) is -0.619. The topological polar surface area (TPSA) is 99.1 Å². The summed E-state index contributed by atoms with van der Waals surface area (Å²) in [6.07, 6.45) is 35.8. The monoisotopic (exact) mass is 691 g/mol. The van der Waals surface area contributed by atoms with Gasteiger partial charge in [0.1, 0.15) is 6.61 Å². The fourth-order valence-electron chi connectivity index (χ4n) is 5.26. The maximum absolute atomic E-state index is 12.6. The van der Waals surface area contributed by atoms with E-state index in [1.807, 2.05) is 21.1 Å². The summed E-state index contributed by atoms with van der Waals surface area (Å²) in [4.78, 5) is 36.7. The highest BCUT2D eigenvalue weighted by Crippen LogP contribution is 2.13. The molecule has 49 heavy (non-hydrogen) atoms. The van der Waals surface area contributed by atoms with E-state index in [9.17, 15) is 19.5 Å². The molecule has 0 bridgehead atoms. The summed E-state index contributed by atoms with van der Waals surface area (Å²) in [6.45, 7) is 4.54. The average Bonchev–Trinajstić information content (AvgIpc) is 3.05. The lowest BCUT2D eigenvalue weighted by atomic mass is 10.1. The van der Waals surface area contributed by atoms with Crippen molar-refractivity contribution in [2.75, 3.05) is 41.0 Å². The van der Waals surface area contributed by atoms with Crippen molar-refractivity contribution in [3.8, 4) is 0 Å². The molecule has 8 nitrogen and oxygen atoms in total. The summed E-state index contributed by atoms with van der Waals surface area (Å²) in [5, 5.41) is 9.57. The zero-order chi connectivity index (χ0) is 36.4. The van der Waals surface area contributed by atoms with Crippen LogP contribution in [-0.2, 0) is 28.6 Å². The minimum Gasteiger partial charge on any atom is -0.477 e. The molecule has 0 aromatic heterocycles. The van der Waals surface area contributed by atoms with Crippen LogP contribution in [0.4, 0.5) is 0 Å². The number of carboxylic acid groups (broad SMARTS) is 1. The number of carboxylic acids is 1. The molecule has 0 fully saturated rings. The minimum absolute atomic E-state index is 0.0480. The second-order valence-electron chi connectivity index (χ2n) is 13.8. The van der Waals surface area contributed by atoms with Crippen LogP contribution in [-0.4, -0.2) is 80.6 Å². The molecule has 0 radical (unpaired) electrons. The van der Waals surface area contributed by atoms with Gasteiger partial charge in [-0.25, -0.2) is 4.79 Å². The van der Waals surface area contributed by atoms with Gasteiger partial charge in [0.25, 0.3) is 0 Å². The lowest BCUT2D eigenvalue weighted by molar-refractivity contribution is -0.887. The second-order valence-corrected chi connectivity index (χ2v) is 13.8. The Bertz CT molecular complexity index is 948. The first-order valence-corrected chi connectivity index (χ1v) is 19.2. The molecule has 0 rings (SSSR count). The first-order valence-electron chi connectivity index (χ1n) is 19.2. The number of unbranched alkanes of at least 4 members (excludes halogenated alkanes) is 11. The first kappa shape index (κ1) is 46.3. The zero-order valence-corrected chi connectivity index (χ0v) is 31.9. The Balaban J connectivity index is 4.48. The van der Waals surface area contributed by atoms with E-state index in [-0.39, 0.29) is 36.2 Å². The molecular formula is C41H72NO7+. The number of likely N-dealkylation sites (N-methyl/N-ethyl adjacent to an activating group) is 1. The number of esters is 2. The molecule has 2 atom stereocenters. The van der Waals surface area contributed by atoms with Crippen molar-refractivity contribution in [2.45, 2.75) is 154 Å². The minimum atomic E-state index is -0.883. The summed E-state index contributed by atoms with van der Waals surface area (Å²) in [5.74, 6) is -1.52. The van der Waals surface area contributed by atoms with Crippen LogP contribution in [0.25, 0.3) is 0 Å². The highest BCUT2D eigenvalue weighted by atomic mass is 16.6. The summed E-state index contributed by atoms with van der Waals surface area (Å²) >= 11 is 0. The van der Waals surface area contributed by atoms with Crippen molar-refractivity contribution in [3.63, 3.8) is 0 Å². The third-order valence-corrected chi connectivity index (χ3v) is 8.24. The average molecular weight is 691 g/mol. The van der Waals surface area contributed by atoms with E-state index in [1.54, 1.807) is 0 Å². The van der Waals surface area contributed by atoms with Gasteiger partial charge in [0.05, 0.1) is 34.4 Å². The van der Waals surface area contributed by atoms with Crippen LogP contribution in [0.5, 0.6) is 0 Å². The van der Waals surface area contributed by atoms with Crippen LogP contribution in [0, 0.1) is 0 Å². The number of hydrogen-bond donors (Lipinski definition) is 1. The fourth-order valence-corrected chi connectivity index (χ4v) is 5.26. The lowest BCUT2D eigenvalue weighted by Crippen LogP contribution is -2.50. The Kier molecular flexibility index (Phi) is 30.7. The summed E-state index contributed by atoms with van der Waals surface area (Å²) < 4.78 is 17.1. The Morgan fingerprint density at radius 2 is 1.14 bits per heavy atom. The molecule has 0 aromatic rings. The lowest BCUT2D eigenvalue weighted by Gasteiger charge is -2.31. The van der Waals surface area contributed by atoms with Gasteiger partial charge in [-0.1, -0.05) is 120 Å². The molecule has 0 spiro atoms. The van der Waals surface area contributed by atoms with Crippen molar-refractivity contribution < 1.29 is 38.2 Å². The molecule has 0 aliphatic heterocycles. The largest absolute Gasteiger partial charge is 0.477 e. The normalized spacial score (nSPS) is 13.6. The van der Waals surface area contributed by atoms with Crippen molar-refractivity contribution >= 4 is 17.9 Å². The number of ether oxygens (including phenoxy) is 3. The maximum Gasteiger partial charge on any atom is 0.362 e. The number of rotatable bonds is 33. The van der Waals surface area contributed by atoms with Gasteiger partial charge < -0.3 is 23.8 Å². The van der Waals surface area contributed by atoms with Crippen LogP contribution < -0.4 is 0 Å². The van der Waals surface area contributed by atoms with Crippen LogP contribution in [0.1, 0.15) is 142 Å². The van der Waals surface area contributed by atoms with Gasteiger partial charge in [-0.15, -0.1) is 0 Å². The third kappa shape index (κ3) is 31.0. The van der Waals surface area contributed by atoms with Gasteiger partial charge in [-0.2, -0.15) is 0 Å². The van der Waals surface area contributed by atoms with Crippen LogP contribution >= 0.6 is 0 Å². The van der Waals surface area contributed by atoms with E-state index in [0.717, 1.165) is 70.6 Å². The zero-order valence-electron chi connectivity index (χ0n) is 31.9.